The predicted molar refractivity (Wildman–Crippen MR) is 163 cm³/mol. The highest BCUT2D eigenvalue weighted by Crippen LogP contribution is 2.37. The summed E-state index contributed by atoms with van der Waals surface area (Å²) >= 11 is 0. The van der Waals surface area contributed by atoms with Gasteiger partial charge in [-0.25, -0.2) is 0 Å². The lowest BCUT2D eigenvalue weighted by molar-refractivity contribution is 0.322. The standard InChI is InChI=1S/C30H54B3N3/c1-5-18-32-29(16-12-22-34(32)8-4)26-36-23-13-17-30(33(36)19-6-2)28-15-11-14-27(24-28)25-35-21-10-9-20-31(35)7-3/h11,14-15,24,29-30H,5-10,12-13,16-23,25-26H2,1-4H3. The van der Waals surface area contributed by atoms with E-state index in [-0.39, 0.29) is 0 Å². The highest BCUT2D eigenvalue weighted by molar-refractivity contribution is 6.59. The van der Waals surface area contributed by atoms with Gasteiger partial charge in [0, 0.05) is 6.54 Å². The average molecular weight is 489 g/mol. The molecule has 0 bridgehead atoms. The summed E-state index contributed by atoms with van der Waals surface area (Å²) in [7, 11) is 0. The summed E-state index contributed by atoms with van der Waals surface area (Å²) < 4.78 is 0. The van der Waals surface area contributed by atoms with Crippen LogP contribution in [0.4, 0.5) is 0 Å². The van der Waals surface area contributed by atoms with Crippen LogP contribution in [0, 0.1) is 0 Å². The molecule has 0 amide bonds. The molecule has 3 heterocycles. The van der Waals surface area contributed by atoms with Crippen molar-refractivity contribution in [1.29, 1.82) is 0 Å². The Labute approximate surface area is 225 Å². The first-order valence-corrected chi connectivity index (χ1v) is 16.0. The molecule has 3 aliphatic rings. The van der Waals surface area contributed by atoms with Crippen LogP contribution in [0.2, 0.25) is 31.1 Å². The quantitative estimate of drug-likeness (QED) is 0.302. The smallest absolute Gasteiger partial charge is 0.230 e. The molecule has 3 saturated heterocycles. The SMILES string of the molecule is CCCB1C(CN2CCCC(c3cccc(CN4CCCCB4CC)c3)B2CCC)CCCN1CC. The van der Waals surface area contributed by atoms with Gasteiger partial charge in [0.05, 0.1) is 0 Å². The second kappa shape index (κ2) is 14.4. The summed E-state index contributed by atoms with van der Waals surface area (Å²) in [6, 6.07) is 9.84. The third kappa shape index (κ3) is 7.03. The summed E-state index contributed by atoms with van der Waals surface area (Å²) in [5.41, 5.74) is 3.18. The number of benzene rings is 1. The van der Waals surface area contributed by atoms with Gasteiger partial charge < -0.3 is 14.4 Å². The van der Waals surface area contributed by atoms with Crippen LogP contribution in [-0.4, -0.2) is 67.7 Å². The van der Waals surface area contributed by atoms with E-state index in [4.69, 9.17) is 0 Å². The van der Waals surface area contributed by atoms with Crippen molar-refractivity contribution >= 4 is 20.5 Å². The van der Waals surface area contributed by atoms with Gasteiger partial charge in [-0.3, -0.25) is 0 Å². The summed E-state index contributed by atoms with van der Waals surface area (Å²) in [4.78, 5) is 8.55. The van der Waals surface area contributed by atoms with Crippen molar-refractivity contribution in [1.82, 2.24) is 14.4 Å². The minimum Gasteiger partial charge on any atom is -0.342 e. The van der Waals surface area contributed by atoms with Crippen LogP contribution in [0.1, 0.15) is 96.0 Å². The Balaban J connectivity index is 1.48. The largest absolute Gasteiger partial charge is 0.342 e. The molecule has 36 heavy (non-hydrogen) atoms. The van der Waals surface area contributed by atoms with E-state index in [1.807, 2.05) is 0 Å². The van der Waals surface area contributed by atoms with Gasteiger partial charge >= 0.3 is 0 Å². The molecular weight excluding hydrogens is 435 g/mol. The van der Waals surface area contributed by atoms with Crippen molar-refractivity contribution in [3.05, 3.63) is 35.4 Å². The van der Waals surface area contributed by atoms with Crippen molar-refractivity contribution < 1.29 is 0 Å². The van der Waals surface area contributed by atoms with Gasteiger partial charge in [-0.15, -0.1) is 0 Å². The van der Waals surface area contributed by atoms with E-state index in [9.17, 15) is 0 Å². The van der Waals surface area contributed by atoms with Crippen molar-refractivity contribution in [2.45, 2.75) is 123 Å². The van der Waals surface area contributed by atoms with Gasteiger partial charge in [0.2, 0.25) is 20.5 Å². The van der Waals surface area contributed by atoms with Crippen LogP contribution in [0.3, 0.4) is 0 Å². The third-order valence-corrected chi connectivity index (χ3v) is 9.96. The van der Waals surface area contributed by atoms with E-state index in [0.717, 1.165) is 32.9 Å². The molecule has 3 nitrogen and oxygen atoms in total. The number of hydrogen-bond acceptors (Lipinski definition) is 3. The van der Waals surface area contributed by atoms with Crippen molar-refractivity contribution in [2.24, 2.45) is 0 Å². The zero-order chi connectivity index (χ0) is 25.3. The van der Waals surface area contributed by atoms with Gasteiger partial charge in [-0.05, 0) is 69.2 Å². The lowest BCUT2D eigenvalue weighted by Gasteiger charge is -2.45. The second-order valence-electron chi connectivity index (χ2n) is 12.3. The molecule has 0 spiro atoms. The monoisotopic (exact) mass is 489 g/mol. The Hall–Kier alpha value is -0.705. The summed E-state index contributed by atoms with van der Waals surface area (Å²) in [6.45, 7) is 19.5. The van der Waals surface area contributed by atoms with Crippen molar-refractivity contribution in [3.8, 4) is 0 Å². The molecule has 0 radical (unpaired) electrons. The number of nitrogens with zero attached hydrogens (tertiary/aromatic N) is 3. The first kappa shape index (κ1) is 28.3. The number of hydrogen-bond donors (Lipinski definition) is 0. The van der Waals surface area contributed by atoms with E-state index in [1.54, 1.807) is 11.1 Å². The first-order valence-electron chi connectivity index (χ1n) is 16.0. The molecular formula is C30H54B3N3. The van der Waals surface area contributed by atoms with E-state index >= 15 is 0 Å². The molecule has 3 fully saturated rings. The molecule has 1 aromatic carbocycles. The molecule has 0 aromatic heterocycles. The third-order valence-electron chi connectivity index (χ3n) is 9.96. The Morgan fingerprint density at radius 2 is 1.56 bits per heavy atom. The summed E-state index contributed by atoms with van der Waals surface area (Å²) in [5, 5.41) is 0. The molecule has 1 aromatic rings. The molecule has 2 unspecified atom stereocenters. The number of rotatable bonds is 11. The van der Waals surface area contributed by atoms with Gasteiger partial charge in [-0.1, -0.05) is 115 Å². The Bertz CT molecular complexity index is 778. The van der Waals surface area contributed by atoms with E-state index < -0.39 is 0 Å². The fraction of sp³-hybridized carbons (Fsp3) is 0.800. The van der Waals surface area contributed by atoms with Crippen LogP contribution in [0.5, 0.6) is 0 Å². The normalized spacial score (nSPS) is 25.1. The molecule has 6 heteroatoms. The van der Waals surface area contributed by atoms with Gasteiger partial charge in [0.25, 0.3) is 0 Å². The van der Waals surface area contributed by atoms with E-state index in [0.29, 0.717) is 5.82 Å². The van der Waals surface area contributed by atoms with E-state index in [1.165, 1.54) is 109 Å². The fourth-order valence-corrected chi connectivity index (χ4v) is 8.14. The van der Waals surface area contributed by atoms with E-state index in [2.05, 4.69) is 66.4 Å². The Kier molecular flexibility index (Phi) is 11.4. The summed E-state index contributed by atoms with van der Waals surface area (Å²) in [6.07, 6.45) is 16.4. The highest BCUT2D eigenvalue weighted by Gasteiger charge is 2.40. The fourth-order valence-electron chi connectivity index (χ4n) is 8.14. The topological polar surface area (TPSA) is 9.72 Å². The van der Waals surface area contributed by atoms with Crippen molar-refractivity contribution in [3.63, 3.8) is 0 Å². The van der Waals surface area contributed by atoms with Crippen molar-refractivity contribution in [2.75, 3.05) is 32.7 Å². The van der Waals surface area contributed by atoms with Crippen LogP contribution in [-0.2, 0) is 6.54 Å². The lowest BCUT2D eigenvalue weighted by Crippen LogP contribution is -2.54. The molecule has 0 saturated carbocycles. The predicted octanol–water partition coefficient (Wildman–Crippen LogP) is 7.30. The van der Waals surface area contributed by atoms with Gasteiger partial charge in [-0.2, -0.15) is 0 Å². The zero-order valence-corrected chi connectivity index (χ0v) is 24.3. The van der Waals surface area contributed by atoms with Crippen LogP contribution >= 0.6 is 0 Å². The molecule has 4 rings (SSSR count). The average Bonchev–Trinajstić information content (AvgIpc) is 2.91. The zero-order valence-electron chi connectivity index (χ0n) is 24.3. The summed E-state index contributed by atoms with van der Waals surface area (Å²) in [5.74, 6) is 1.56. The lowest BCUT2D eigenvalue weighted by atomic mass is 9.40. The minimum absolute atomic E-state index is 0.706. The van der Waals surface area contributed by atoms with Crippen LogP contribution in [0.25, 0.3) is 0 Å². The first-order chi connectivity index (χ1) is 17.7. The molecule has 0 N–H and O–H groups in total. The molecule has 0 aliphatic carbocycles. The Morgan fingerprint density at radius 3 is 2.33 bits per heavy atom. The van der Waals surface area contributed by atoms with Crippen LogP contribution in [0.15, 0.2) is 24.3 Å². The minimum atomic E-state index is 0.706. The van der Waals surface area contributed by atoms with Crippen LogP contribution < -0.4 is 0 Å². The molecule has 3 aliphatic heterocycles. The molecule has 198 valence electrons. The Morgan fingerprint density at radius 1 is 0.806 bits per heavy atom. The van der Waals surface area contributed by atoms with Gasteiger partial charge in [0.1, 0.15) is 0 Å². The maximum atomic E-state index is 2.97. The maximum absolute atomic E-state index is 2.97. The molecule has 2 atom stereocenters. The van der Waals surface area contributed by atoms with Gasteiger partial charge in [0.15, 0.2) is 0 Å². The highest BCUT2D eigenvalue weighted by atomic mass is 15.1. The second-order valence-corrected chi connectivity index (χ2v) is 12.3. The maximum Gasteiger partial charge on any atom is 0.230 e.